The normalized spacial score (nSPS) is 10.8. The van der Waals surface area contributed by atoms with Crippen molar-refractivity contribution < 1.29 is 14.0 Å². The van der Waals surface area contributed by atoms with Crippen LogP contribution in [0.3, 0.4) is 0 Å². The van der Waals surface area contributed by atoms with Crippen molar-refractivity contribution in [2.24, 2.45) is 0 Å². The molecule has 4 aromatic rings. The first kappa shape index (κ1) is 18.5. The van der Waals surface area contributed by atoms with Crippen molar-refractivity contribution in [3.05, 3.63) is 84.2 Å². The SMILES string of the molecule is CCn1c(C(=O)NCc2ccncc2)cc2cc(NC(=O)c3ccco3)ccc21. The third kappa shape index (κ3) is 3.89. The van der Waals surface area contributed by atoms with Gasteiger partial charge in [-0.05, 0) is 61.0 Å². The van der Waals surface area contributed by atoms with E-state index in [2.05, 4.69) is 15.6 Å². The van der Waals surface area contributed by atoms with Crippen LogP contribution in [0.25, 0.3) is 10.9 Å². The number of pyridine rings is 1. The van der Waals surface area contributed by atoms with Gasteiger partial charge in [0.05, 0.1) is 6.26 Å². The standard InChI is InChI=1S/C22H20N4O3/c1-2-26-18-6-5-17(25-22(28)20-4-3-11-29-20)12-16(18)13-19(26)21(27)24-14-15-7-9-23-10-8-15/h3-13H,2,14H2,1H3,(H,24,27)(H,25,28). The number of nitrogens with zero attached hydrogens (tertiary/aromatic N) is 2. The molecule has 0 atom stereocenters. The summed E-state index contributed by atoms with van der Waals surface area (Å²) in [5.41, 5.74) is 3.12. The largest absolute Gasteiger partial charge is 0.459 e. The third-order valence-electron chi connectivity index (χ3n) is 4.66. The maximum atomic E-state index is 12.8. The smallest absolute Gasteiger partial charge is 0.291 e. The number of rotatable bonds is 6. The minimum absolute atomic E-state index is 0.152. The van der Waals surface area contributed by atoms with Gasteiger partial charge in [-0.15, -0.1) is 0 Å². The maximum Gasteiger partial charge on any atom is 0.291 e. The van der Waals surface area contributed by atoms with Crippen LogP contribution >= 0.6 is 0 Å². The Labute approximate surface area is 167 Å². The zero-order chi connectivity index (χ0) is 20.2. The van der Waals surface area contributed by atoms with Crippen LogP contribution in [0.2, 0.25) is 0 Å². The average molecular weight is 388 g/mol. The Kier molecular flexibility index (Phi) is 5.11. The van der Waals surface area contributed by atoms with Crippen LogP contribution < -0.4 is 10.6 Å². The van der Waals surface area contributed by atoms with Gasteiger partial charge in [0.15, 0.2) is 5.76 Å². The quantitative estimate of drug-likeness (QED) is 0.525. The highest BCUT2D eigenvalue weighted by Crippen LogP contribution is 2.24. The van der Waals surface area contributed by atoms with E-state index >= 15 is 0 Å². The highest BCUT2D eigenvalue weighted by Gasteiger charge is 2.16. The first-order valence-corrected chi connectivity index (χ1v) is 9.31. The van der Waals surface area contributed by atoms with Crippen LogP contribution in [0, 0.1) is 0 Å². The molecule has 0 fully saturated rings. The molecule has 2 N–H and O–H groups in total. The Hall–Kier alpha value is -3.87. The summed E-state index contributed by atoms with van der Waals surface area (Å²) in [6.45, 7) is 3.07. The van der Waals surface area contributed by atoms with Crippen molar-refractivity contribution in [3.63, 3.8) is 0 Å². The van der Waals surface area contributed by atoms with Crippen LogP contribution in [0.4, 0.5) is 5.69 Å². The number of anilines is 1. The first-order chi connectivity index (χ1) is 14.2. The second kappa shape index (κ2) is 8.02. The van der Waals surface area contributed by atoms with Crippen molar-refractivity contribution in [3.8, 4) is 0 Å². The minimum Gasteiger partial charge on any atom is -0.459 e. The lowest BCUT2D eigenvalue weighted by Gasteiger charge is -2.09. The van der Waals surface area contributed by atoms with E-state index in [4.69, 9.17) is 4.42 Å². The average Bonchev–Trinajstić information content (AvgIpc) is 3.40. The monoisotopic (exact) mass is 388 g/mol. The molecule has 7 nitrogen and oxygen atoms in total. The lowest BCUT2D eigenvalue weighted by atomic mass is 10.2. The maximum absolute atomic E-state index is 12.8. The van der Waals surface area contributed by atoms with E-state index in [1.165, 1.54) is 6.26 Å². The highest BCUT2D eigenvalue weighted by atomic mass is 16.3. The van der Waals surface area contributed by atoms with Gasteiger partial charge >= 0.3 is 0 Å². The molecule has 0 unspecified atom stereocenters. The van der Waals surface area contributed by atoms with Gasteiger partial charge in [0, 0.05) is 42.1 Å². The van der Waals surface area contributed by atoms with Crippen LogP contribution in [0.5, 0.6) is 0 Å². The zero-order valence-electron chi connectivity index (χ0n) is 15.9. The van der Waals surface area contributed by atoms with Crippen molar-refractivity contribution >= 4 is 28.4 Å². The van der Waals surface area contributed by atoms with Crippen LogP contribution in [0.1, 0.15) is 33.5 Å². The molecule has 146 valence electrons. The van der Waals surface area contributed by atoms with Crippen molar-refractivity contribution in [2.75, 3.05) is 5.32 Å². The number of fused-ring (bicyclic) bond motifs is 1. The van der Waals surface area contributed by atoms with Crippen molar-refractivity contribution in [1.82, 2.24) is 14.9 Å². The Bertz CT molecular complexity index is 1150. The molecule has 0 aliphatic carbocycles. The van der Waals surface area contributed by atoms with Gasteiger partial charge in [0.1, 0.15) is 5.69 Å². The van der Waals surface area contributed by atoms with Gasteiger partial charge in [-0.25, -0.2) is 0 Å². The number of hydrogen-bond donors (Lipinski definition) is 2. The van der Waals surface area contributed by atoms with Crippen molar-refractivity contribution in [2.45, 2.75) is 20.0 Å². The Morgan fingerprint density at radius 1 is 1.07 bits per heavy atom. The Balaban J connectivity index is 1.56. The molecule has 2 amide bonds. The molecule has 0 saturated carbocycles. The van der Waals surface area contributed by atoms with E-state index in [1.54, 1.807) is 24.5 Å². The third-order valence-corrected chi connectivity index (χ3v) is 4.66. The second-order valence-corrected chi connectivity index (χ2v) is 6.52. The summed E-state index contributed by atoms with van der Waals surface area (Å²) in [6, 6.07) is 14.4. The lowest BCUT2D eigenvalue weighted by Crippen LogP contribution is -2.25. The number of carbonyl (C=O) groups is 2. The van der Waals surface area contributed by atoms with Gasteiger partial charge in [-0.2, -0.15) is 0 Å². The molecule has 0 radical (unpaired) electrons. The molecule has 3 aromatic heterocycles. The number of aromatic nitrogens is 2. The topological polar surface area (TPSA) is 89.2 Å². The number of aryl methyl sites for hydroxylation is 1. The number of nitrogens with one attached hydrogen (secondary N) is 2. The van der Waals surface area contributed by atoms with Crippen LogP contribution in [-0.2, 0) is 13.1 Å². The molecule has 1 aromatic carbocycles. The molecule has 0 aliphatic rings. The van der Waals surface area contributed by atoms with Crippen LogP contribution in [0.15, 0.2) is 71.6 Å². The second-order valence-electron chi connectivity index (χ2n) is 6.52. The first-order valence-electron chi connectivity index (χ1n) is 9.31. The van der Waals surface area contributed by atoms with E-state index in [0.717, 1.165) is 16.5 Å². The predicted molar refractivity (Wildman–Crippen MR) is 110 cm³/mol. The molecular formula is C22H20N4O3. The summed E-state index contributed by atoms with van der Waals surface area (Å²) >= 11 is 0. The zero-order valence-corrected chi connectivity index (χ0v) is 15.9. The number of carbonyl (C=O) groups excluding carboxylic acids is 2. The molecule has 3 heterocycles. The van der Waals surface area contributed by atoms with Gasteiger partial charge in [0.25, 0.3) is 11.8 Å². The minimum atomic E-state index is -0.320. The summed E-state index contributed by atoms with van der Waals surface area (Å²) < 4.78 is 7.07. The van der Waals surface area contributed by atoms with E-state index in [-0.39, 0.29) is 17.6 Å². The van der Waals surface area contributed by atoms with Gasteiger partial charge in [-0.1, -0.05) is 0 Å². The number of benzene rings is 1. The summed E-state index contributed by atoms with van der Waals surface area (Å²) in [6.07, 6.45) is 4.85. The van der Waals surface area contributed by atoms with Gasteiger partial charge < -0.3 is 19.6 Å². The summed E-state index contributed by atoms with van der Waals surface area (Å²) in [7, 11) is 0. The molecule has 0 saturated heterocycles. The molecule has 29 heavy (non-hydrogen) atoms. The Morgan fingerprint density at radius 2 is 1.90 bits per heavy atom. The summed E-state index contributed by atoms with van der Waals surface area (Å²) in [5.74, 6) is -0.229. The molecule has 0 aliphatic heterocycles. The number of amides is 2. The summed E-state index contributed by atoms with van der Waals surface area (Å²) in [5, 5.41) is 6.63. The lowest BCUT2D eigenvalue weighted by molar-refractivity contribution is 0.0941. The van der Waals surface area contributed by atoms with Gasteiger partial charge in [-0.3, -0.25) is 14.6 Å². The Morgan fingerprint density at radius 3 is 2.62 bits per heavy atom. The van der Waals surface area contributed by atoms with E-state index < -0.39 is 0 Å². The number of hydrogen-bond acceptors (Lipinski definition) is 4. The van der Waals surface area contributed by atoms with Crippen molar-refractivity contribution in [1.29, 1.82) is 0 Å². The fourth-order valence-corrected chi connectivity index (χ4v) is 3.25. The molecule has 7 heteroatoms. The molecule has 0 bridgehead atoms. The molecule has 4 rings (SSSR count). The van der Waals surface area contributed by atoms with E-state index in [1.807, 2.05) is 47.9 Å². The fraction of sp³-hybridized carbons (Fsp3) is 0.136. The fourth-order valence-electron chi connectivity index (χ4n) is 3.25. The molecular weight excluding hydrogens is 368 g/mol. The van der Waals surface area contributed by atoms with E-state index in [9.17, 15) is 9.59 Å². The number of furan rings is 1. The summed E-state index contributed by atoms with van der Waals surface area (Å²) in [4.78, 5) is 28.9. The van der Waals surface area contributed by atoms with Crippen LogP contribution in [-0.4, -0.2) is 21.4 Å². The highest BCUT2D eigenvalue weighted by molar-refractivity contribution is 6.04. The van der Waals surface area contributed by atoms with Gasteiger partial charge in [0.2, 0.25) is 0 Å². The predicted octanol–water partition coefficient (Wildman–Crippen LogP) is 3.83. The van der Waals surface area contributed by atoms with E-state index in [0.29, 0.717) is 24.5 Å². The molecule has 0 spiro atoms.